The molecule has 1 aromatic rings. The van der Waals surface area contributed by atoms with Crippen molar-refractivity contribution >= 4 is 23.2 Å². The Morgan fingerprint density at radius 3 is 2.88 bits per heavy atom. The molecule has 0 atom stereocenters. The molecule has 0 unspecified atom stereocenters. The van der Waals surface area contributed by atoms with Crippen LogP contribution in [0.2, 0.25) is 0 Å². The Balaban J connectivity index is 2.30. The number of hydrogen-bond acceptors (Lipinski definition) is 3. The van der Waals surface area contributed by atoms with Gasteiger partial charge in [-0.2, -0.15) is 5.10 Å². The molecule has 16 heavy (non-hydrogen) atoms. The van der Waals surface area contributed by atoms with Crippen molar-refractivity contribution in [1.29, 1.82) is 0 Å². The number of anilines is 1. The van der Waals surface area contributed by atoms with Gasteiger partial charge in [-0.25, -0.2) is 0 Å². The third kappa shape index (κ3) is 1.92. The summed E-state index contributed by atoms with van der Waals surface area (Å²) < 4.78 is 1.84. The fourth-order valence-electron chi connectivity index (χ4n) is 1.95. The summed E-state index contributed by atoms with van der Waals surface area (Å²) in [4.78, 5) is 11.3. The van der Waals surface area contributed by atoms with Gasteiger partial charge in [0.2, 0.25) is 5.91 Å². The number of alkyl halides is 1. The summed E-state index contributed by atoms with van der Waals surface area (Å²) in [6.07, 6.45) is 0. The van der Waals surface area contributed by atoms with Gasteiger partial charge in [0.15, 0.2) is 0 Å². The molecule has 2 heterocycles. The summed E-state index contributed by atoms with van der Waals surface area (Å²) in [7, 11) is 1.90. The lowest BCUT2D eigenvalue weighted by Crippen LogP contribution is -2.41. The van der Waals surface area contributed by atoms with Crippen LogP contribution in [-0.4, -0.2) is 34.7 Å². The summed E-state index contributed by atoms with van der Waals surface area (Å²) in [5, 5.41) is 10.4. The zero-order valence-corrected chi connectivity index (χ0v) is 10.1. The smallest absolute Gasteiger partial charge is 0.239 e. The maximum atomic E-state index is 11.3. The Morgan fingerprint density at radius 1 is 1.69 bits per heavy atom. The number of carbonyl (C=O) groups excluding carboxylic acids is 1. The molecule has 0 saturated carbocycles. The van der Waals surface area contributed by atoms with Crippen molar-refractivity contribution in [3.05, 3.63) is 11.4 Å². The zero-order chi connectivity index (χ0) is 11.7. The molecule has 1 amide bonds. The van der Waals surface area contributed by atoms with E-state index < -0.39 is 0 Å². The third-order valence-electron chi connectivity index (χ3n) is 2.82. The number of hydrogen-bond donors (Lipinski definition) is 2. The van der Waals surface area contributed by atoms with Gasteiger partial charge < -0.3 is 10.6 Å². The highest BCUT2D eigenvalue weighted by molar-refractivity contribution is 6.29. The number of rotatable bonds is 3. The predicted octanol–water partition coefficient (Wildman–Crippen LogP) is 0.593. The second kappa shape index (κ2) is 4.43. The van der Waals surface area contributed by atoms with Gasteiger partial charge in [0, 0.05) is 26.1 Å². The number of aromatic nitrogens is 2. The molecule has 1 aliphatic rings. The molecule has 5 nitrogen and oxygen atoms in total. The van der Waals surface area contributed by atoms with Crippen LogP contribution in [0.15, 0.2) is 0 Å². The van der Waals surface area contributed by atoms with Gasteiger partial charge in [0.25, 0.3) is 0 Å². The van der Waals surface area contributed by atoms with E-state index in [1.807, 2.05) is 18.7 Å². The predicted molar refractivity (Wildman–Crippen MR) is 62.9 cm³/mol. The van der Waals surface area contributed by atoms with Gasteiger partial charge in [-0.15, -0.1) is 11.6 Å². The first-order valence-electron chi connectivity index (χ1n) is 5.23. The first-order chi connectivity index (χ1) is 7.63. The van der Waals surface area contributed by atoms with Crippen LogP contribution in [0.5, 0.6) is 0 Å². The largest absolute Gasteiger partial charge is 0.322 e. The van der Waals surface area contributed by atoms with Crippen LogP contribution in [0, 0.1) is 6.92 Å². The summed E-state index contributed by atoms with van der Waals surface area (Å²) in [5.41, 5.74) is 2.73. The van der Waals surface area contributed by atoms with Crippen LogP contribution in [-0.2, 0) is 11.8 Å². The molecular weight excluding hydrogens is 228 g/mol. The first-order valence-corrected chi connectivity index (χ1v) is 5.77. The van der Waals surface area contributed by atoms with Crippen molar-refractivity contribution in [2.45, 2.75) is 12.8 Å². The number of halogens is 1. The molecule has 2 N–H and O–H groups in total. The van der Waals surface area contributed by atoms with Crippen molar-refractivity contribution in [3.8, 4) is 0 Å². The Labute approximate surface area is 99.2 Å². The molecule has 88 valence electrons. The maximum absolute atomic E-state index is 11.3. The molecule has 1 aromatic heterocycles. The molecule has 2 rings (SSSR count). The van der Waals surface area contributed by atoms with E-state index in [2.05, 4.69) is 15.7 Å². The van der Waals surface area contributed by atoms with Gasteiger partial charge in [0.1, 0.15) is 5.88 Å². The number of nitrogens with zero attached hydrogens (tertiary/aromatic N) is 2. The topological polar surface area (TPSA) is 59.0 Å². The lowest BCUT2D eigenvalue weighted by atomic mass is 9.97. The number of nitrogens with one attached hydrogen (secondary N) is 2. The monoisotopic (exact) mass is 242 g/mol. The van der Waals surface area contributed by atoms with E-state index >= 15 is 0 Å². The van der Waals surface area contributed by atoms with Gasteiger partial charge >= 0.3 is 0 Å². The fraction of sp³-hybridized carbons (Fsp3) is 0.600. The lowest BCUT2D eigenvalue weighted by Gasteiger charge is -2.28. The van der Waals surface area contributed by atoms with Crippen LogP contribution < -0.4 is 10.6 Å². The number of aryl methyl sites for hydroxylation is 2. The van der Waals surface area contributed by atoms with Gasteiger partial charge in [-0.05, 0) is 6.92 Å². The van der Waals surface area contributed by atoms with Gasteiger partial charge in [-0.1, -0.05) is 0 Å². The molecular formula is C10H15ClN4O. The van der Waals surface area contributed by atoms with E-state index in [0.29, 0.717) is 5.92 Å². The minimum atomic E-state index is -0.189. The molecule has 6 heteroatoms. The Morgan fingerprint density at radius 2 is 2.38 bits per heavy atom. The zero-order valence-electron chi connectivity index (χ0n) is 9.38. The van der Waals surface area contributed by atoms with Crippen LogP contribution >= 0.6 is 11.6 Å². The molecule has 1 saturated heterocycles. The first kappa shape index (κ1) is 11.4. The van der Waals surface area contributed by atoms with E-state index in [1.54, 1.807) is 0 Å². The van der Waals surface area contributed by atoms with E-state index in [-0.39, 0.29) is 11.8 Å². The highest BCUT2D eigenvalue weighted by Gasteiger charge is 2.27. The molecule has 1 aliphatic heterocycles. The molecule has 0 radical (unpaired) electrons. The number of carbonyl (C=O) groups is 1. The normalized spacial score (nSPS) is 15.9. The van der Waals surface area contributed by atoms with E-state index in [0.717, 1.165) is 30.2 Å². The van der Waals surface area contributed by atoms with Crippen molar-refractivity contribution in [3.63, 3.8) is 0 Å². The fourth-order valence-corrected chi connectivity index (χ4v) is 2.02. The van der Waals surface area contributed by atoms with Crippen molar-refractivity contribution in [1.82, 2.24) is 15.1 Å². The Hall–Kier alpha value is -1.07. The average molecular weight is 243 g/mol. The average Bonchev–Trinajstić information content (AvgIpc) is 2.42. The highest BCUT2D eigenvalue weighted by Crippen LogP contribution is 2.29. The number of amides is 1. The molecule has 0 aliphatic carbocycles. The quantitative estimate of drug-likeness (QED) is 0.763. The maximum Gasteiger partial charge on any atom is 0.239 e. The van der Waals surface area contributed by atoms with E-state index in [1.165, 1.54) is 0 Å². The van der Waals surface area contributed by atoms with Crippen LogP contribution in [0.25, 0.3) is 0 Å². The van der Waals surface area contributed by atoms with Crippen molar-refractivity contribution < 1.29 is 4.79 Å². The minimum Gasteiger partial charge on any atom is -0.322 e. The SMILES string of the molecule is Cc1nn(C)c(C2CNC2)c1NC(=O)CCl. The molecule has 1 fully saturated rings. The summed E-state index contributed by atoms with van der Waals surface area (Å²) >= 11 is 5.49. The Bertz CT molecular complexity index is 411. The van der Waals surface area contributed by atoms with Gasteiger partial charge in [-0.3, -0.25) is 9.48 Å². The summed E-state index contributed by atoms with van der Waals surface area (Å²) in [6.45, 7) is 3.75. The second-order valence-corrected chi connectivity index (χ2v) is 4.27. The molecule has 0 bridgehead atoms. The summed E-state index contributed by atoms with van der Waals surface area (Å²) in [5.74, 6) is 0.208. The van der Waals surface area contributed by atoms with Crippen LogP contribution in [0.4, 0.5) is 5.69 Å². The lowest BCUT2D eigenvalue weighted by molar-refractivity contribution is -0.113. The molecule has 0 aromatic carbocycles. The van der Waals surface area contributed by atoms with Crippen molar-refractivity contribution in [2.75, 3.05) is 24.3 Å². The van der Waals surface area contributed by atoms with E-state index in [4.69, 9.17) is 11.6 Å². The Kier molecular flexibility index (Phi) is 3.16. The minimum absolute atomic E-state index is 0.0311. The second-order valence-electron chi connectivity index (χ2n) is 4.01. The standard InChI is InChI=1S/C10H15ClN4O/c1-6-9(13-8(16)3-11)10(15(2)14-6)7-4-12-5-7/h7,12H,3-5H2,1-2H3,(H,13,16). The van der Waals surface area contributed by atoms with Gasteiger partial charge in [0.05, 0.1) is 17.1 Å². The van der Waals surface area contributed by atoms with Crippen LogP contribution in [0.3, 0.4) is 0 Å². The third-order valence-corrected chi connectivity index (χ3v) is 3.06. The van der Waals surface area contributed by atoms with Crippen molar-refractivity contribution in [2.24, 2.45) is 7.05 Å². The van der Waals surface area contributed by atoms with Crippen LogP contribution in [0.1, 0.15) is 17.3 Å². The molecule has 0 spiro atoms. The highest BCUT2D eigenvalue weighted by atomic mass is 35.5. The summed E-state index contributed by atoms with van der Waals surface area (Å²) in [6, 6.07) is 0. The van der Waals surface area contributed by atoms with E-state index in [9.17, 15) is 4.79 Å².